The fourth-order valence-electron chi connectivity index (χ4n) is 1.54. The molecule has 0 amide bonds. The second kappa shape index (κ2) is 5.12. The SMILES string of the molecule is O=[N+]([O-])c1ccc(-c2cc(CO)cc(Cl)n2)cc1. The van der Waals surface area contributed by atoms with Crippen LogP contribution in [0, 0.1) is 10.1 Å². The van der Waals surface area contributed by atoms with E-state index in [0.717, 1.165) is 0 Å². The molecule has 1 aromatic carbocycles. The average Bonchev–Trinajstić information content (AvgIpc) is 2.38. The van der Waals surface area contributed by atoms with Gasteiger partial charge in [-0.2, -0.15) is 0 Å². The highest BCUT2D eigenvalue weighted by Crippen LogP contribution is 2.23. The Labute approximate surface area is 108 Å². The van der Waals surface area contributed by atoms with Crippen molar-refractivity contribution in [2.24, 2.45) is 0 Å². The summed E-state index contributed by atoms with van der Waals surface area (Å²) in [6.07, 6.45) is 0. The summed E-state index contributed by atoms with van der Waals surface area (Å²) in [7, 11) is 0. The number of rotatable bonds is 3. The van der Waals surface area contributed by atoms with Crippen molar-refractivity contribution in [1.29, 1.82) is 0 Å². The van der Waals surface area contributed by atoms with Crippen molar-refractivity contribution in [2.45, 2.75) is 6.61 Å². The molecule has 0 radical (unpaired) electrons. The van der Waals surface area contributed by atoms with Crippen LogP contribution in [0.4, 0.5) is 5.69 Å². The molecule has 5 nitrogen and oxygen atoms in total. The smallest absolute Gasteiger partial charge is 0.269 e. The van der Waals surface area contributed by atoms with Crippen LogP contribution in [-0.2, 0) is 6.61 Å². The highest BCUT2D eigenvalue weighted by molar-refractivity contribution is 6.29. The number of aliphatic hydroxyl groups excluding tert-OH is 1. The van der Waals surface area contributed by atoms with Crippen LogP contribution in [0.15, 0.2) is 36.4 Å². The highest BCUT2D eigenvalue weighted by atomic mass is 35.5. The lowest BCUT2D eigenvalue weighted by Gasteiger charge is -2.04. The van der Waals surface area contributed by atoms with E-state index < -0.39 is 4.92 Å². The van der Waals surface area contributed by atoms with Gasteiger partial charge in [-0.05, 0) is 29.8 Å². The molecule has 1 heterocycles. The number of nitro groups is 1. The molecular weight excluding hydrogens is 256 g/mol. The van der Waals surface area contributed by atoms with Crippen molar-refractivity contribution >= 4 is 17.3 Å². The van der Waals surface area contributed by atoms with Gasteiger partial charge in [0, 0.05) is 17.7 Å². The van der Waals surface area contributed by atoms with Crippen LogP contribution in [0.25, 0.3) is 11.3 Å². The Kier molecular flexibility index (Phi) is 3.55. The van der Waals surface area contributed by atoms with Gasteiger partial charge in [0.25, 0.3) is 5.69 Å². The van der Waals surface area contributed by atoms with Crippen molar-refractivity contribution in [3.05, 3.63) is 57.2 Å². The van der Waals surface area contributed by atoms with E-state index in [1.807, 2.05) is 0 Å². The molecule has 18 heavy (non-hydrogen) atoms. The molecule has 1 N–H and O–H groups in total. The molecule has 0 unspecified atom stereocenters. The number of aromatic nitrogens is 1. The Hall–Kier alpha value is -1.98. The van der Waals surface area contributed by atoms with Crippen molar-refractivity contribution in [2.75, 3.05) is 0 Å². The molecule has 1 aromatic heterocycles. The molecule has 92 valence electrons. The van der Waals surface area contributed by atoms with Gasteiger partial charge in [-0.3, -0.25) is 10.1 Å². The maximum Gasteiger partial charge on any atom is 0.269 e. The first-order valence-electron chi connectivity index (χ1n) is 5.12. The van der Waals surface area contributed by atoms with Gasteiger partial charge >= 0.3 is 0 Å². The van der Waals surface area contributed by atoms with Crippen molar-refractivity contribution in [3.63, 3.8) is 0 Å². The number of aliphatic hydroxyl groups is 1. The molecular formula is C12H9ClN2O3. The molecule has 0 saturated carbocycles. The summed E-state index contributed by atoms with van der Waals surface area (Å²) in [5.41, 5.74) is 1.94. The second-order valence-corrected chi connectivity index (χ2v) is 4.03. The van der Waals surface area contributed by atoms with Gasteiger partial charge in [0.1, 0.15) is 5.15 Å². The maximum atomic E-state index is 10.5. The van der Waals surface area contributed by atoms with E-state index in [-0.39, 0.29) is 17.4 Å². The molecule has 2 aromatic rings. The minimum Gasteiger partial charge on any atom is -0.392 e. The molecule has 0 bridgehead atoms. The van der Waals surface area contributed by atoms with E-state index in [9.17, 15) is 10.1 Å². The summed E-state index contributed by atoms with van der Waals surface area (Å²) < 4.78 is 0. The minimum absolute atomic E-state index is 0.0168. The summed E-state index contributed by atoms with van der Waals surface area (Å²) in [5, 5.41) is 19.9. The third-order valence-corrected chi connectivity index (χ3v) is 2.60. The number of hydrogen-bond donors (Lipinski definition) is 1. The van der Waals surface area contributed by atoms with Crippen LogP contribution in [-0.4, -0.2) is 15.0 Å². The van der Waals surface area contributed by atoms with E-state index >= 15 is 0 Å². The normalized spacial score (nSPS) is 10.3. The van der Waals surface area contributed by atoms with Crippen molar-refractivity contribution in [1.82, 2.24) is 4.98 Å². The number of pyridine rings is 1. The summed E-state index contributed by atoms with van der Waals surface area (Å²) in [6.45, 7) is -0.137. The quantitative estimate of drug-likeness (QED) is 0.525. The minimum atomic E-state index is -0.464. The molecule has 0 spiro atoms. The lowest BCUT2D eigenvalue weighted by Crippen LogP contribution is -1.91. The van der Waals surface area contributed by atoms with E-state index in [1.165, 1.54) is 12.1 Å². The first-order chi connectivity index (χ1) is 8.60. The number of nitrogens with zero attached hydrogens (tertiary/aromatic N) is 2. The summed E-state index contributed by atoms with van der Waals surface area (Å²) in [6, 6.07) is 9.24. The first kappa shape index (κ1) is 12.5. The number of halogens is 1. The van der Waals surface area contributed by atoms with E-state index in [1.54, 1.807) is 24.3 Å². The molecule has 2 rings (SSSR count). The maximum absolute atomic E-state index is 10.5. The molecule has 0 aliphatic rings. The van der Waals surface area contributed by atoms with Gasteiger partial charge < -0.3 is 5.11 Å². The molecule has 0 fully saturated rings. The van der Waals surface area contributed by atoms with Crippen LogP contribution < -0.4 is 0 Å². The fourth-order valence-corrected chi connectivity index (χ4v) is 1.77. The van der Waals surface area contributed by atoms with Gasteiger partial charge in [0.15, 0.2) is 0 Å². The van der Waals surface area contributed by atoms with Crippen LogP contribution in [0.1, 0.15) is 5.56 Å². The lowest BCUT2D eigenvalue weighted by atomic mass is 10.1. The summed E-state index contributed by atoms with van der Waals surface area (Å²) >= 11 is 5.83. The predicted octanol–water partition coefficient (Wildman–Crippen LogP) is 2.80. The Morgan fingerprint density at radius 1 is 1.28 bits per heavy atom. The third-order valence-electron chi connectivity index (χ3n) is 2.41. The zero-order valence-electron chi connectivity index (χ0n) is 9.21. The van der Waals surface area contributed by atoms with Gasteiger partial charge in [-0.15, -0.1) is 0 Å². The van der Waals surface area contributed by atoms with Crippen LogP contribution in [0.5, 0.6) is 0 Å². The third kappa shape index (κ3) is 2.64. The second-order valence-electron chi connectivity index (χ2n) is 3.65. The largest absolute Gasteiger partial charge is 0.392 e. The van der Waals surface area contributed by atoms with Crippen LogP contribution >= 0.6 is 11.6 Å². The summed E-state index contributed by atoms with van der Waals surface area (Å²) in [4.78, 5) is 14.2. The van der Waals surface area contributed by atoms with Gasteiger partial charge in [0.05, 0.1) is 17.2 Å². The fraction of sp³-hybridized carbons (Fsp3) is 0.0833. The number of nitro benzene ring substituents is 1. The predicted molar refractivity (Wildman–Crippen MR) is 67.3 cm³/mol. The number of benzene rings is 1. The average molecular weight is 265 g/mol. The zero-order valence-corrected chi connectivity index (χ0v) is 9.96. The monoisotopic (exact) mass is 264 g/mol. The van der Waals surface area contributed by atoms with E-state index in [0.29, 0.717) is 16.8 Å². The molecule has 6 heteroatoms. The molecule has 0 saturated heterocycles. The van der Waals surface area contributed by atoms with E-state index in [2.05, 4.69) is 4.98 Å². The standard InChI is InChI=1S/C12H9ClN2O3/c13-12-6-8(7-16)5-11(14-12)9-1-3-10(4-2-9)15(17)18/h1-6,16H,7H2. The summed E-state index contributed by atoms with van der Waals surface area (Å²) in [5.74, 6) is 0. The number of non-ortho nitro benzene ring substituents is 1. The Bertz CT molecular complexity index is 584. The Morgan fingerprint density at radius 2 is 1.94 bits per heavy atom. The lowest BCUT2D eigenvalue weighted by molar-refractivity contribution is -0.384. The van der Waals surface area contributed by atoms with Crippen molar-refractivity contribution in [3.8, 4) is 11.3 Å². The van der Waals surface area contributed by atoms with Crippen LogP contribution in [0.2, 0.25) is 5.15 Å². The zero-order chi connectivity index (χ0) is 13.1. The topological polar surface area (TPSA) is 76.3 Å². The van der Waals surface area contributed by atoms with Gasteiger partial charge in [-0.25, -0.2) is 4.98 Å². The molecule has 0 atom stereocenters. The molecule has 0 aliphatic carbocycles. The van der Waals surface area contributed by atoms with Gasteiger partial charge in [0.2, 0.25) is 0 Å². The first-order valence-corrected chi connectivity index (χ1v) is 5.50. The van der Waals surface area contributed by atoms with Crippen molar-refractivity contribution < 1.29 is 10.0 Å². The molecule has 0 aliphatic heterocycles. The number of hydrogen-bond acceptors (Lipinski definition) is 4. The van der Waals surface area contributed by atoms with Crippen LogP contribution in [0.3, 0.4) is 0 Å². The highest BCUT2D eigenvalue weighted by Gasteiger charge is 2.07. The van der Waals surface area contributed by atoms with E-state index in [4.69, 9.17) is 16.7 Å². The Balaban J connectivity index is 2.42. The Morgan fingerprint density at radius 3 is 2.50 bits per heavy atom. The van der Waals surface area contributed by atoms with Gasteiger partial charge in [-0.1, -0.05) is 11.6 Å².